The smallest absolute Gasteiger partial charge is 0.120 e. The molecule has 0 amide bonds. The number of ether oxygens (including phenoxy) is 2. The van der Waals surface area contributed by atoms with Crippen LogP contribution in [0.4, 0.5) is 0 Å². The SMILES string of the molecule is CCCCc1ccc(COc2ccc(C3CN(CCC)CCO3)c(C)c2)cc1. The van der Waals surface area contributed by atoms with Crippen molar-refractivity contribution in [2.24, 2.45) is 0 Å². The fourth-order valence-corrected chi connectivity index (χ4v) is 3.86. The second-order valence-electron chi connectivity index (χ2n) is 7.89. The first-order valence-corrected chi connectivity index (χ1v) is 10.8. The minimum Gasteiger partial charge on any atom is -0.489 e. The van der Waals surface area contributed by atoms with Crippen LogP contribution in [0, 0.1) is 6.92 Å². The lowest BCUT2D eigenvalue weighted by Gasteiger charge is -2.33. The average molecular weight is 382 g/mol. The molecule has 2 aromatic rings. The number of aryl methyl sites for hydroxylation is 2. The number of hydrogen-bond donors (Lipinski definition) is 0. The third kappa shape index (κ3) is 5.83. The van der Waals surface area contributed by atoms with Crippen molar-refractivity contribution in [3.8, 4) is 5.75 Å². The van der Waals surface area contributed by atoms with Crippen molar-refractivity contribution in [1.29, 1.82) is 0 Å². The van der Waals surface area contributed by atoms with E-state index in [4.69, 9.17) is 9.47 Å². The highest BCUT2D eigenvalue weighted by Crippen LogP contribution is 2.28. The molecule has 0 aliphatic carbocycles. The summed E-state index contributed by atoms with van der Waals surface area (Å²) in [6.07, 6.45) is 5.02. The molecule has 3 nitrogen and oxygen atoms in total. The zero-order chi connectivity index (χ0) is 19.8. The van der Waals surface area contributed by atoms with Crippen LogP contribution in [0.3, 0.4) is 0 Å². The quantitative estimate of drug-likeness (QED) is 0.556. The molecule has 1 fully saturated rings. The van der Waals surface area contributed by atoms with Gasteiger partial charge in [0, 0.05) is 13.1 Å². The first kappa shape index (κ1) is 20.9. The molecule has 0 radical (unpaired) electrons. The lowest BCUT2D eigenvalue weighted by atomic mass is 10.0. The largest absolute Gasteiger partial charge is 0.489 e. The van der Waals surface area contributed by atoms with Crippen LogP contribution in [-0.4, -0.2) is 31.1 Å². The molecule has 2 aromatic carbocycles. The Balaban J connectivity index is 1.56. The monoisotopic (exact) mass is 381 g/mol. The maximum Gasteiger partial charge on any atom is 0.120 e. The number of hydrogen-bond acceptors (Lipinski definition) is 3. The van der Waals surface area contributed by atoms with Gasteiger partial charge >= 0.3 is 0 Å². The summed E-state index contributed by atoms with van der Waals surface area (Å²) in [5, 5.41) is 0. The predicted molar refractivity (Wildman–Crippen MR) is 116 cm³/mol. The number of benzene rings is 2. The third-order valence-electron chi connectivity index (χ3n) is 5.53. The van der Waals surface area contributed by atoms with E-state index in [2.05, 4.69) is 68.1 Å². The van der Waals surface area contributed by atoms with Gasteiger partial charge in [0.05, 0.1) is 12.7 Å². The second-order valence-corrected chi connectivity index (χ2v) is 7.89. The summed E-state index contributed by atoms with van der Waals surface area (Å²) in [7, 11) is 0. The highest BCUT2D eigenvalue weighted by molar-refractivity contribution is 5.36. The Morgan fingerprint density at radius 3 is 2.54 bits per heavy atom. The van der Waals surface area contributed by atoms with Crippen LogP contribution in [0.25, 0.3) is 0 Å². The van der Waals surface area contributed by atoms with Crippen molar-refractivity contribution in [1.82, 2.24) is 4.90 Å². The van der Waals surface area contributed by atoms with Crippen LogP contribution in [0.15, 0.2) is 42.5 Å². The third-order valence-corrected chi connectivity index (χ3v) is 5.53. The maximum atomic E-state index is 6.05. The van der Waals surface area contributed by atoms with Gasteiger partial charge in [-0.05, 0) is 67.1 Å². The number of unbranched alkanes of at least 4 members (excludes halogenated alkanes) is 1. The Bertz CT molecular complexity index is 724. The van der Waals surface area contributed by atoms with Crippen LogP contribution < -0.4 is 4.74 Å². The molecular formula is C25H35NO2. The zero-order valence-corrected chi connectivity index (χ0v) is 17.7. The topological polar surface area (TPSA) is 21.7 Å². The molecule has 0 saturated carbocycles. The lowest BCUT2D eigenvalue weighted by Crippen LogP contribution is -2.38. The van der Waals surface area contributed by atoms with Gasteiger partial charge < -0.3 is 9.47 Å². The van der Waals surface area contributed by atoms with Crippen molar-refractivity contribution in [2.45, 2.75) is 59.2 Å². The number of nitrogens with zero attached hydrogens (tertiary/aromatic N) is 1. The highest BCUT2D eigenvalue weighted by atomic mass is 16.5. The Hall–Kier alpha value is -1.84. The standard InChI is InChI=1S/C25H35NO2/c1-4-6-7-21-8-10-22(11-9-21)19-28-23-12-13-24(20(3)17-23)25-18-26(14-5-2)15-16-27-25/h8-13,17,25H,4-7,14-16,18-19H2,1-3H3. The molecule has 1 atom stereocenters. The summed E-state index contributed by atoms with van der Waals surface area (Å²) in [4.78, 5) is 2.50. The van der Waals surface area contributed by atoms with Crippen molar-refractivity contribution >= 4 is 0 Å². The minimum atomic E-state index is 0.171. The number of rotatable bonds is 9. The molecule has 1 aliphatic heterocycles. The van der Waals surface area contributed by atoms with E-state index in [9.17, 15) is 0 Å². The normalized spacial score (nSPS) is 17.6. The van der Waals surface area contributed by atoms with Gasteiger partial charge in [0.15, 0.2) is 0 Å². The van der Waals surface area contributed by atoms with Crippen LogP contribution >= 0.6 is 0 Å². The average Bonchev–Trinajstić information content (AvgIpc) is 2.72. The van der Waals surface area contributed by atoms with Gasteiger partial charge in [0.2, 0.25) is 0 Å². The molecule has 28 heavy (non-hydrogen) atoms. The van der Waals surface area contributed by atoms with Crippen LogP contribution in [0.1, 0.15) is 61.5 Å². The summed E-state index contributed by atoms with van der Waals surface area (Å²) in [6, 6.07) is 15.2. The first-order valence-electron chi connectivity index (χ1n) is 10.8. The van der Waals surface area contributed by atoms with Crippen molar-refractivity contribution in [2.75, 3.05) is 26.2 Å². The first-order chi connectivity index (χ1) is 13.7. The molecule has 3 rings (SSSR count). The Kier molecular flexibility index (Phi) is 7.93. The molecule has 0 N–H and O–H groups in total. The summed E-state index contributed by atoms with van der Waals surface area (Å²) in [5.41, 5.74) is 5.16. The van der Waals surface area contributed by atoms with Gasteiger partial charge in [0.25, 0.3) is 0 Å². The lowest BCUT2D eigenvalue weighted by molar-refractivity contribution is -0.0301. The predicted octanol–water partition coefficient (Wildman–Crippen LogP) is 5.70. The molecule has 3 heteroatoms. The molecule has 1 unspecified atom stereocenters. The van der Waals surface area contributed by atoms with E-state index in [1.54, 1.807) is 0 Å². The van der Waals surface area contributed by atoms with E-state index in [1.807, 2.05) is 0 Å². The Morgan fingerprint density at radius 1 is 1.04 bits per heavy atom. The van der Waals surface area contributed by atoms with E-state index in [0.717, 1.165) is 38.4 Å². The number of morpholine rings is 1. The Labute approximate surface area is 170 Å². The highest BCUT2D eigenvalue weighted by Gasteiger charge is 2.22. The fourth-order valence-electron chi connectivity index (χ4n) is 3.86. The second kappa shape index (κ2) is 10.6. The molecule has 0 aromatic heterocycles. The molecule has 0 bridgehead atoms. The van der Waals surface area contributed by atoms with Crippen molar-refractivity contribution in [3.05, 3.63) is 64.7 Å². The van der Waals surface area contributed by atoms with E-state index in [0.29, 0.717) is 6.61 Å². The van der Waals surface area contributed by atoms with E-state index in [1.165, 1.54) is 41.5 Å². The summed E-state index contributed by atoms with van der Waals surface area (Å²) in [5.74, 6) is 0.928. The van der Waals surface area contributed by atoms with Crippen LogP contribution in [0.5, 0.6) is 5.75 Å². The van der Waals surface area contributed by atoms with Crippen LogP contribution in [0.2, 0.25) is 0 Å². The van der Waals surface area contributed by atoms with Gasteiger partial charge in [-0.15, -0.1) is 0 Å². The maximum absolute atomic E-state index is 6.05. The Morgan fingerprint density at radius 2 is 1.82 bits per heavy atom. The van der Waals surface area contributed by atoms with E-state index in [-0.39, 0.29) is 6.10 Å². The summed E-state index contributed by atoms with van der Waals surface area (Å²) < 4.78 is 12.1. The van der Waals surface area contributed by atoms with Crippen LogP contribution in [-0.2, 0) is 17.8 Å². The zero-order valence-electron chi connectivity index (χ0n) is 17.7. The molecule has 1 heterocycles. The molecule has 0 spiro atoms. The van der Waals surface area contributed by atoms with E-state index >= 15 is 0 Å². The molecule has 1 aliphatic rings. The van der Waals surface area contributed by atoms with Gasteiger partial charge in [0.1, 0.15) is 12.4 Å². The van der Waals surface area contributed by atoms with Gasteiger partial charge in [-0.2, -0.15) is 0 Å². The summed E-state index contributed by atoms with van der Waals surface area (Å²) >= 11 is 0. The van der Waals surface area contributed by atoms with Gasteiger partial charge in [-0.1, -0.05) is 50.6 Å². The molecular weight excluding hydrogens is 346 g/mol. The minimum absolute atomic E-state index is 0.171. The molecule has 152 valence electrons. The van der Waals surface area contributed by atoms with Gasteiger partial charge in [-0.25, -0.2) is 0 Å². The molecule has 1 saturated heterocycles. The van der Waals surface area contributed by atoms with Crippen molar-refractivity contribution in [3.63, 3.8) is 0 Å². The fraction of sp³-hybridized carbons (Fsp3) is 0.520. The summed E-state index contributed by atoms with van der Waals surface area (Å²) in [6.45, 7) is 11.2. The van der Waals surface area contributed by atoms with E-state index < -0.39 is 0 Å². The van der Waals surface area contributed by atoms with Gasteiger partial charge in [-0.3, -0.25) is 4.90 Å². The van der Waals surface area contributed by atoms with Crippen molar-refractivity contribution < 1.29 is 9.47 Å².